The number of amides is 1. The van der Waals surface area contributed by atoms with E-state index in [-0.39, 0.29) is 80.4 Å². The summed E-state index contributed by atoms with van der Waals surface area (Å²) in [6.45, 7) is 4.00. The molecule has 2 heterocycles. The number of hydrogen-bond acceptors (Lipinski definition) is 6. The molecule has 1 atom stereocenters. The van der Waals surface area contributed by atoms with Crippen molar-refractivity contribution in [3.05, 3.63) is 47.0 Å². The van der Waals surface area contributed by atoms with Gasteiger partial charge in [-0.1, -0.05) is 37.5 Å². The van der Waals surface area contributed by atoms with E-state index in [1.807, 2.05) is 13.8 Å². The van der Waals surface area contributed by atoms with Gasteiger partial charge in [0.05, 0.1) is 24.8 Å². The zero-order chi connectivity index (χ0) is 27.2. The molecule has 12 heteroatoms. The number of carbonyl (C=O) groups excluding carboxylic acids is 1. The molecule has 1 unspecified atom stereocenters. The molecule has 1 fully saturated rings. The number of halogens is 3. The SMILES string of the molecule is CC.COc1ccc(C(F)(F)F)cc1-c1cc(CC(=O)N(C)C)ncc1[N-]C1=NNC(C#CC2CC2)S1.[K+]. The molecule has 0 bridgehead atoms. The van der Waals surface area contributed by atoms with Crippen LogP contribution >= 0.6 is 11.8 Å². The van der Waals surface area contributed by atoms with Crippen LogP contribution in [-0.2, 0) is 17.4 Å². The molecule has 38 heavy (non-hydrogen) atoms. The van der Waals surface area contributed by atoms with E-state index in [0.29, 0.717) is 28.0 Å². The minimum absolute atomic E-state index is 0. The van der Waals surface area contributed by atoms with Gasteiger partial charge in [0.1, 0.15) is 11.1 Å². The Bertz CT molecular complexity index is 1220. The van der Waals surface area contributed by atoms with Crippen LogP contribution in [0.15, 0.2) is 35.6 Å². The van der Waals surface area contributed by atoms with E-state index in [2.05, 4.69) is 32.7 Å². The molecule has 4 rings (SSSR count). The number of rotatable bonds is 5. The van der Waals surface area contributed by atoms with E-state index in [1.54, 1.807) is 20.2 Å². The number of amidine groups is 1. The first-order valence-corrected chi connectivity index (χ1v) is 12.7. The van der Waals surface area contributed by atoms with Crippen molar-refractivity contribution in [2.24, 2.45) is 11.0 Å². The molecule has 1 aliphatic carbocycles. The van der Waals surface area contributed by atoms with Crippen LogP contribution < -0.4 is 61.5 Å². The molecule has 2 aliphatic rings. The largest absolute Gasteiger partial charge is 1.00 e. The normalized spacial score (nSPS) is 15.9. The zero-order valence-electron chi connectivity index (χ0n) is 22.3. The zero-order valence-corrected chi connectivity index (χ0v) is 26.2. The molecule has 0 spiro atoms. The first-order valence-electron chi connectivity index (χ1n) is 11.8. The summed E-state index contributed by atoms with van der Waals surface area (Å²) in [6, 6.07) is 4.80. The predicted octanol–water partition coefficient (Wildman–Crippen LogP) is 2.79. The number of methoxy groups -OCH3 is 1. The van der Waals surface area contributed by atoms with Gasteiger partial charge in [-0.25, -0.2) is 0 Å². The van der Waals surface area contributed by atoms with Crippen molar-refractivity contribution in [2.45, 2.75) is 44.7 Å². The number of thioether (sulfide) groups is 1. The van der Waals surface area contributed by atoms with Gasteiger partial charge in [-0.15, -0.1) is 0 Å². The van der Waals surface area contributed by atoms with E-state index in [9.17, 15) is 18.0 Å². The molecule has 1 aromatic heterocycles. The second-order valence-electron chi connectivity index (χ2n) is 8.27. The van der Waals surface area contributed by atoms with Crippen molar-refractivity contribution >= 4 is 28.5 Å². The minimum Gasteiger partial charge on any atom is -0.496 e. The van der Waals surface area contributed by atoms with Gasteiger partial charge >= 0.3 is 57.6 Å². The molecule has 7 nitrogen and oxygen atoms in total. The summed E-state index contributed by atoms with van der Waals surface area (Å²) in [5.41, 5.74) is 3.31. The van der Waals surface area contributed by atoms with Crippen LogP contribution in [0, 0.1) is 17.8 Å². The quantitative estimate of drug-likeness (QED) is 0.441. The molecular formula is C26H29F3KN5O2S. The number of nitrogens with one attached hydrogen (secondary N) is 1. The third-order valence-electron chi connectivity index (χ3n) is 5.30. The van der Waals surface area contributed by atoms with Crippen LogP contribution in [0.2, 0.25) is 0 Å². The number of aromatic nitrogens is 1. The van der Waals surface area contributed by atoms with Gasteiger partial charge in [0.2, 0.25) is 5.91 Å². The smallest absolute Gasteiger partial charge is 0.496 e. The average Bonchev–Trinajstić information content (AvgIpc) is 3.61. The Hall–Kier alpha value is -1.75. The number of alkyl halides is 3. The molecule has 1 aromatic carbocycles. The van der Waals surface area contributed by atoms with Gasteiger partial charge < -0.3 is 25.5 Å². The van der Waals surface area contributed by atoms with Crippen LogP contribution in [0.25, 0.3) is 16.4 Å². The number of nitrogens with zero attached hydrogens (tertiary/aromatic N) is 4. The number of hydrazone groups is 1. The predicted molar refractivity (Wildman–Crippen MR) is 140 cm³/mol. The van der Waals surface area contributed by atoms with Gasteiger partial charge in [0.25, 0.3) is 0 Å². The van der Waals surface area contributed by atoms with Crippen molar-refractivity contribution in [3.63, 3.8) is 0 Å². The fourth-order valence-electron chi connectivity index (χ4n) is 3.21. The average molecular weight is 572 g/mol. The van der Waals surface area contributed by atoms with Crippen molar-refractivity contribution < 1.29 is 74.1 Å². The third-order valence-corrected chi connectivity index (χ3v) is 6.15. The summed E-state index contributed by atoms with van der Waals surface area (Å²) >= 11 is 1.31. The maximum Gasteiger partial charge on any atom is 1.00 e. The first-order chi connectivity index (χ1) is 17.6. The van der Waals surface area contributed by atoms with Crippen molar-refractivity contribution in [1.82, 2.24) is 15.3 Å². The van der Waals surface area contributed by atoms with Gasteiger partial charge in [0.15, 0.2) is 0 Å². The van der Waals surface area contributed by atoms with E-state index < -0.39 is 11.7 Å². The van der Waals surface area contributed by atoms with Gasteiger partial charge in [-0.3, -0.25) is 9.78 Å². The Morgan fingerprint density at radius 1 is 1.21 bits per heavy atom. The van der Waals surface area contributed by atoms with Crippen LogP contribution in [0.3, 0.4) is 0 Å². The Morgan fingerprint density at radius 2 is 1.92 bits per heavy atom. The summed E-state index contributed by atoms with van der Waals surface area (Å²) in [6.07, 6.45) is -0.910. The van der Waals surface area contributed by atoms with Crippen LogP contribution in [0.5, 0.6) is 5.75 Å². The fourth-order valence-corrected chi connectivity index (χ4v) is 3.91. The van der Waals surface area contributed by atoms with Crippen molar-refractivity contribution in [2.75, 3.05) is 21.2 Å². The van der Waals surface area contributed by atoms with E-state index in [4.69, 9.17) is 4.74 Å². The first kappa shape index (κ1) is 32.5. The van der Waals surface area contributed by atoms with Crippen LogP contribution in [0.1, 0.15) is 37.9 Å². The molecule has 1 saturated carbocycles. The summed E-state index contributed by atoms with van der Waals surface area (Å²) < 4.78 is 45.8. The van der Waals surface area contributed by atoms with Crippen LogP contribution in [0.4, 0.5) is 18.9 Å². The topological polar surface area (TPSA) is 80.9 Å². The summed E-state index contributed by atoms with van der Waals surface area (Å²) in [7, 11) is 4.62. The van der Waals surface area contributed by atoms with Gasteiger partial charge in [-0.05, 0) is 53.5 Å². The number of pyridine rings is 1. The number of ether oxygens (including phenoxy) is 1. The van der Waals surface area contributed by atoms with E-state index in [0.717, 1.165) is 25.0 Å². The second-order valence-corrected chi connectivity index (χ2v) is 9.34. The van der Waals surface area contributed by atoms with Crippen molar-refractivity contribution in [3.8, 4) is 28.7 Å². The summed E-state index contributed by atoms with van der Waals surface area (Å²) in [4.78, 5) is 18.0. The van der Waals surface area contributed by atoms with E-state index >= 15 is 0 Å². The molecule has 2 aromatic rings. The maximum atomic E-state index is 13.5. The second kappa shape index (κ2) is 14.6. The Balaban J connectivity index is 0.00000165. The fraction of sp³-hybridized carbons (Fsp3) is 0.423. The third kappa shape index (κ3) is 8.89. The molecule has 1 N–H and O–H groups in total. The molecule has 0 radical (unpaired) electrons. The summed E-state index contributed by atoms with van der Waals surface area (Å²) in [5.74, 6) is 6.77. The monoisotopic (exact) mass is 571 g/mol. The Kier molecular flexibility index (Phi) is 12.5. The van der Waals surface area contributed by atoms with Gasteiger partial charge in [0, 0.05) is 31.8 Å². The molecular weight excluding hydrogens is 542 g/mol. The molecule has 1 amide bonds. The van der Waals surface area contributed by atoms with Crippen LogP contribution in [-0.4, -0.2) is 47.5 Å². The standard InChI is InChI=1S/C24H23F3N5O2S.C2H6.K/c1-32(2)22(33)12-16-11-17(18-10-15(24(25,26)27)7-8-20(18)34-3)19(13-28-16)29-23-31-30-21(35-23)9-6-14-4-5-14;1-2;/h7-8,10-11,13-14,21,30H,4-5,12H2,1-3H3;1-2H3;/q-1;;+1. The van der Waals surface area contributed by atoms with Gasteiger partial charge in [-0.2, -0.15) is 13.2 Å². The van der Waals surface area contributed by atoms with Crippen molar-refractivity contribution in [1.29, 1.82) is 0 Å². The number of benzene rings is 1. The number of hydrogen-bond donors (Lipinski definition) is 1. The number of likely N-dealkylation sites (N-methyl/N-ethyl adjacent to an activating group) is 1. The molecule has 198 valence electrons. The van der Waals surface area contributed by atoms with E-state index in [1.165, 1.54) is 36.0 Å². The number of carbonyl (C=O) groups is 1. The summed E-state index contributed by atoms with van der Waals surface area (Å²) in [5, 5.41) is 8.87. The minimum atomic E-state index is -4.54. The molecule has 0 saturated heterocycles. The Labute approximate surface area is 268 Å². The Morgan fingerprint density at radius 3 is 2.53 bits per heavy atom. The maximum absolute atomic E-state index is 13.5. The molecule has 1 aliphatic heterocycles.